The highest BCUT2D eigenvalue weighted by atomic mass is 16.5. The molecule has 3 N–H and O–H groups in total. The largest absolute Gasteiger partial charge is 0.496 e. The van der Waals surface area contributed by atoms with E-state index in [1.807, 2.05) is 19.1 Å². The first-order chi connectivity index (χ1) is 11.5. The third-order valence-corrected chi connectivity index (χ3v) is 4.53. The topological polar surface area (TPSA) is 87.7 Å². The van der Waals surface area contributed by atoms with Gasteiger partial charge in [0.1, 0.15) is 5.75 Å². The maximum Gasteiger partial charge on any atom is 0.315 e. The van der Waals surface area contributed by atoms with E-state index in [2.05, 4.69) is 16.7 Å². The highest BCUT2D eigenvalue weighted by Crippen LogP contribution is 2.24. The molecule has 6 nitrogen and oxygen atoms in total. The van der Waals surface area contributed by atoms with Crippen LogP contribution in [0.15, 0.2) is 18.2 Å². The van der Waals surface area contributed by atoms with Crippen LogP contribution in [-0.2, 0) is 11.2 Å². The van der Waals surface area contributed by atoms with Crippen LogP contribution in [0.3, 0.4) is 0 Å². The van der Waals surface area contributed by atoms with Crippen molar-refractivity contribution in [3.05, 3.63) is 29.3 Å². The molecule has 0 radical (unpaired) electrons. The first-order valence-corrected chi connectivity index (χ1v) is 8.40. The Kier molecular flexibility index (Phi) is 6.46. The summed E-state index contributed by atoms with van der Waals surface area (Å²) in [7, 11) is 1.64. The molecule has 0 unspecified atom stereocenters. The van der Waals surface area contributed by atoms with Gasteiger partial charge >= 0.3 is 12.0 Å². The maximum absolute atomic E-state index is 12.0. The summed E-state index contributed by atoms with van der Waals surface area (Å²) < 4.78 is 5.33. The normalized spacial score (nSPS) is 20.2. The third-order valence-electron chi connectivity index (χ3n) is 4.53. The zero-order valence-corrected chi connectivity index (χ0v) is 14.3. The molecule has 2 rings (SSSR count). The Morgan fingerprint density at radius 2 is 1.96 bits per heavy atom. The monoisotopic (exact) mass is 334 g/mol. The lowest BCUT2D eigenvalue weighted by Crippen LogP contribution is -2.44. The smallest absolute Gasteiger partial charge is 0.315 e. The van der Waals surface area contributed by atoms with E-state index in [0.29, 0.717) is 25.8 Å². The second-order valence-corrected chi connectivity index (χ2v) is 6.35. The van der Waals surface area contributed by atoms with Gasteiger partial charge in [-0.2, -0.15) is 0 Å². The van der Waals surface area contributed by atoms with Crippen molar-refractivity contribution < 1.29 is 19.4 Å². The number of rotatable bonds is 6. The molecule has 0 bridgehead atoms. The number of hydrogen-bond donors (Lipinski definition) is 3. The van der Waals surface area contributed by atoms with Crippen molar-refractivity contribution in [2.45, 2.75) is 45.1 Å². The number of nitrogens with one attached hydrogen (secondary N) is 2. The van der Waals surface area contributed by atoms with Crippen LogP contribution < -0.4 is 15.4 Å². The van der Waals surface area contributed by atoms with E-state index in [4.69, 9.17) is 9.84 Å². The Balaban J connectivity index is 1.72. The van der Waals surface area contributed by atoms with E-state index in [1.165, 1.54) is 0 Å². The molecule has 0 atom stereocenters. The number of carboxylic acid groups (broad SMARTS) is 1. The fraction of sp³-hybridized carbons (Fsp3) is 0.556. The first kappa shape index (κ1) is 18.1. The zero-order chi connectivity index (χ0) is 17.5. The number of carboxylic acids is 1. The van der Waals surface area contributed by atoms with E-state index in [-0.39, 0.29) is 18.0 Å². The molecule has 1 fully saturated rings. The molecule has 132 valence electrons. The number of hydrogen-bond acceptors (Lipinski definition) is 3. The van der Waals surface area contributed by atoms with Gasteiger partial charge in [0.25, 0.3) is 0 Å². The molecular weight excluding hydrogens is 308 g/mol. The van der Waals surface area contributed by atoms with Crippen LogP contribution in [0.25, 0.3) is 0 Å². The van der Waals surface area contributed by atoms with Crippen LogP contribution >= 0.6 is 0 Å². The summed E-state index contributed by atoms with van der Waals surface area (Å²) >= 11 is 0. The van der Waals surface area contributed by atoms with Gasteiger partial charge in [-0.05, 0) is 50.7 Å². The standard InChI is InChI=1S/C18H26N2O4/c1-12-3-8-16(24-2)14(11-12)9-10-19-18(23)20-15-6-4-13(5-7-15)17(21)22/h3,8,11,13,15H,4-7,9-10H2,1-2H3,(H,21,22)(H2,19,20,23). The van der Waals surface area contributed by atoms with Crippen molar-refractivity contribution in [2.75, 3.05) is 13.7 Å². The van der Waals surface area contributed by atoms with Gasteiger partial charge in [0.15, 0.2) is 0 Å². The van der Waals surface area contributed by atoms with Gasteiger partial charge in [-0.25, -0.2) is 4.79 Å². The number of methoxy groups -OCH3 is 1. The minimum Gasteiger partial charge on any atom is -0.496 e. The highest BCUT2D eigenvalue weighted by molar-refractivity contribution is 5.74. The van der Waals surface area contributed by atoms with Gasteiger partial charge in [-0.1, -0.05) is 17.7 Å². The van der Waals surface area contributed by atoms with Crippen LogP contribution in [0.5, 0.6) is 5.75 Å². The Hall–Kier alpha value is -2.24. The highest BCUT2D eigenvalue weighted by Gasteiger charge is 2.26. The van der Waals surface area contributed by atoms with E-state index in [0.717, 1.165) is 29.7 Å². The van der Waals surface area contributed by atoms with Crippen LogP contribution in [0.2, 0.25) is 0 Å². The van der Waals surface area contributed by atoms with Crippen molar-refractivity contribution >= 4 is 12.0 Å². The maximum atomic E-state index is 12.0. The molecular formula is C18H26N2O4. The van der Waals surface area contributed by atoms with E-state index in [1.54, 1.807) is 7.11 Å². The molecule has 1 aliphatic rings. The molecule has 0 spiro atoms. The van der Waals surface area contributed by atoms with Gasteiger partial charge in [-0.15, -0.1) is 0 Å². The van der Waals surface area contributed by atoms with Crippen LogP contribution in [0, 0.1) is 12.8 Å². The molecule has 1 saturated carbocycles. The van der Waals surface area contributed by atoms with Crippen LogP contribution in [0.1, 0.15) is 36.8 Å². The summed E-state index contributed by atoms with van der Waals surface area (Å²) in [6.45, 7) is 2.55. The van der Waals surface area contributed by atoms with Gasteiger partial charge in [0.05, 0.1) is 13.0 Å². The van der Waals surface area contributed by atoms with Gasteiger partial charge in [-0.3, -0.25) is 4.79 Å². The molecule has 6 heteroatoms. The molecule has 1 aliphatic carbocycles. The summed E-state index contributed by atoms with van der Waals surface area (Å²) in [5.41, 5.74) is 2.23. The summed E-state index contributed by atoms with van der Waals surface area (Å²) in [6.07, 6.45) is 3.39. The van der Waals surface area contributed by atoms with Crippen molar-refractivity contribution in [3.8, 4) is 5.75 Å². The minimum atomic E-state index is -0.731. The molecule has 0 aromatic heterocycles. The second-order valence-electron chi connectivity index (χ2n) is 6.35. The lowest BCUT2D eigenvalue weighted by Gasteiger charge is -2.26. The van der Waals surface area contributed by atoms with Crippen molar-refractivity contribution in [2.24, 2.45) is 5.92 Å². The molecule has 2 amide bonds. The van der Waals surface area contributed by atoms with E-state index >= 15 is 0 Å². The van der Waals surface area contributed by atoms with Crippen LogP contribution in [-0.4, -0.2) is 36.8 Å². The predicted octanol–water partition coefficient (Wildman–Crippen LogP) is 2.49. The molecule has 24 heavy (non-hydrogen) atoms. The number of urea groups is 1. The number of aryl methyl sites for hydroxylation is 1. The summed E-state index contributed by atoms with van der Waals surface area (Å²) in [4.78, 5) is 22.9. The number of benzene rings is 1. The number of carbonyl (C=O) groups excluding carboxylic acids is 1. The fourth-order valence-electron chi connectivity index (χ4n) is 3.13. The second kappa shape index (κ2) is 8.57. The van der Waals surface area contributed by atoms with Crippen molar-refractivity contribution in [1.29, 1.82) is 0 Å². The quantitative estimate of drug-likeness (QED) is 0.746. The summed E-state index contributed by atoms with van der Waals surface area (Å²) in [5.74, 6) is -0.167. The van der Waals surface area contributed by atoms with Gasteiger partial charge in [0, 0.05) is 12.6 Å². The molecule has 0 heterocycles. The average Bonchev–Trinajstić information content (AvgIpc) is 2.55. The minimum absolute atomic E-state index is 0.0640. The predicted molar refractivity (Wildman–Crippen MR) is 91.4 cm³/mol. The van der Waals surface area contributed by atoms with Gasteiger partial charge in [0.2, 0.25) is 0 Å². The third kappa shape index (κ3) is 5.15. The molecule has 1 aromatic rings. The zero-order valence-electron chi connectivity index (χ0n) is 14.3. The van der Waals surface area contributed by atoms with Crippen molar-refractivity contribution in [3.63, 3.8) is 0 Å². The lowest BCUT2D eigenvalue weighted by molar-refractivity contribution is -0.142. The van der Waals surface area contributed by atoms with E-state index in [9.17, 15) is 9.59 Å². The Morgan fingerprint density at radius 1 is 1.25 bits per heavy atom. The summed E-state index contributed by atoms with van der Waals surface area (Å²) in [5, 5.41) is 14.8. The molecule has 0 aliphatic heterocycles. The molecule has 1 aromatic carbocycles. The molecule has 0 saturated heterocycles. The Labute approximate surface area is 142 Å². The fourth-order valence-corrected chi connectivity index (χ4v) is 3.13. The number of amides is 2. The summed E-state index contributed by atoms with van der Waals surface area (Å²) in [6, 6.07) is 5.86. The average molecular weight is 334 g/mol. The lowest BCUT2D eigenvalue weighted by atomic mass is 9.86. The number of aliphatic carboxylic acids is 1. The van der Waals surface area contributed by atoms with E-state index < -0.39 is 5.97 Å². The first-order valence-electron chi connectivity index (χ1n) is 8.40. The Morgan fingerprint density at radius 3 is 2.58 bits per heavy atom. The SMILES string of the molecule is COc1ccc(C)cc1CCNC(=O)NC1CCC(C(=O)O)CC1. The Bertz CT molecular complexity index is 580. The van der Waals surface area contributed by atoms with Crippen LogP contribution in [0.4, 0.5) is 4.79 Å². The number of carbonyl (C=O) groups is 2. The van der Waals surface area contributed by atoms with Crippen molar-refractivity contribution in [1.82, 2.24) is 10.6 Å². The van der Waals surface area contributed by atoms with Gasteiger partial charge < -0.3 is 20.5 Å². The number of ether oxygens (including phenoxy) is 1.